The first kappa shape index (κ1) is 16.3. The number of nitrogens with one attached hydrogen (secondary N) is 1. The first-order valence-corrected chi connectivity index (χ1v) is 6.37. The van der Waals surface area contributed by atoms with Crippen molar-refractivity contribution < 1.29 is 17.9 Å². The van der Waals surface area contributed by atoms with Gasteiger partial charge < -0.3 is 10.1 Å². The number of rotatable bonds is 8. The van der Waals surface area contributed by atoms with Crippen molar-refractivity contribution in [2.45, 2.75) is 25.3 Å². The minimum absolute atomic E-state index is 0.0400. The van der Waals surface area contributed by atoms with Crippen molar-refractivity contribution in [3.63, 3.8) is 0 Å². The van der Waals surface area contributed by atoms with Gasteiger partial charge in [0.2, 0.25) is 0 Å². The molecule has 0 fully saturated rings. The standard InChI is InChI=1S/C13H17ClF3NO/c1-18-10(4-5-19-8-13(16)17)6-9-2-3-11(14)12(15)7-9/h2-3,7,10,13,18H,4-6,8H2,1H3. The number of benzene rings is 1. The van der Waals surface area contributed by atoms with E-state index >= 15 is 0 Å². The molecule has 0 saturated heterocycles. The van der Waals surface area contributed by atoms with Crippen LogP contribution in [-0.4, -0.2) is 32.7 Å². The summed E-state index contributed by atoms with van der Waals surface area (Å²) in [5.74, 6) is -0.456. The highest BCUT2D eigenvalue weighted by Gasteiger charge is 2.10. The molecule has 1 aromatic rings. The van der Waals surface area contributed by atoms with Crippen molar-refractivity contribution in [1.29, 1.82) is 0 Å². The largest absolute Gasteiger partial charge is 0.375 e. The molecule has 0 spiro atoms. The minimum atomic E-state index is -2.45. The average molecular weight is 296 g/mol. The van der Waals surface area contributed by atoms with Gasteiger partial charge in [-0.1, -0.05) is 17.7 Å². The van der Waals surface area contributed by atoms with Gasteiger partial charge in [0.15, 0.2) is 0 Å². The highest BCUT2D eigenvalue weighted by Crippen LogP contribution is 2.17. The molecule has 19 heavy (non-hydrogen) atoms. The molecule has 0 radical (unpaired) electrons. The molecular formula is C13H17ClF3NO. The lowest BCUT2D eigenvalue weighted by Crippen LogP contribution is -2.29. The second-order valence-corrected chi connectivity index (χ2v) is 4.60. The molecule has 0 amide bonds. The monoisotopic (exact) mass is 295 g/mol. The van der Waals surface area contributed by atoms with E-state index in [1.807, 2.05) is 0 Å². The fourth-order valence-corrected chi connectivity index (χ4v) is 1.82. The van der Waals surface area contributed by atoms with Crippen molar-refractivity contribution in [3.8, 4) is 0 Å². The van der Waals surface area contributed by atoms with Gasteiger partial charge in [0.05, 0.1) is 5.02 Å². The van der Waals surface area contributed by atoms with Crippen LogP contribution in [0.5, 0.6) is 0 Å². The number of likely N-dealkylation sites (N-methyl/N-ethyl adjacent to an activating group) is 1. The molecule has 1 rings (SSSR count). The number of hydrogen-bond donors (Lipinski definition) is 1. The Morgan fingerprint density at radius 1 is 1.37 bits per heavy atom. The molecule has 0 aliphatic heterocycles. The van der Waals surface area contributed by atoms with Gasteiger partial charge in [-0.05, 0) is 37.6 Å². The maximum Gasteiger partial charge on any atom is 0.261 e. The number of ether oxygens (including phenoxy) is 1. The quantitative estimate of drug-likeness (QED) is 0.743. The predicted molar refractivity (Wildman–Crippen MR) is 69.4 cm³/mol. The highest BCUT2D eigenvalue weighted by atomic mass is 35.5. The van der Waals surface area contributed by atoms with Gasteiger partial charge >= 0.3 is 0 Å². The topological polar surface area (TPSA) is 21.3 Å². The Hall–Kier alpha value is -0.780. The zero-order valence-electron chi connectivity index (χ0n) is 10.6. The Balaban J connectivity index is 2.40. The van der Waals surface area contributed by atoms with Crippen LogP contribution in [0.1, 0.15) is 12.0 Å². The van der Waals surface area contributed by atoms with Crippen LogP contribution in [0.3, 0.4) is 0 Å². The lowest BCUT2D eigenvalue weighted by molar-refractivity contribution is 0.0146. The summed E-state index contributed by atoms with van der Waals surface area (Å²) < 4.78 is 41.8. The van der Waals surface area contributed by atoms with Crippen molar-refractivity contribution in [2.24, 2.45) is 0 Å². The zero-order chi connectivity index (χ0) is 14.3. The Morgan fingerprint density at radius 2 is 2.11 bits per heavy atom. The highest BCUT2D eigenvalue weighted by molar-refractivity contribution is 6.30. The lowest BCUT2D eigenvalue weighted by Gasteiger charge is -2.16. The summed E-state index contributed by atoms with van der Waals surface area (Å²) in [5.41, 5.74) is 0.801. The summed E-state index contributed by atoms with van der Waals surface area (Å²) in [4.78, 5) is 0. The van der Waals surface area contributed by atoms with Gasteiger partial charge in [-0.3, -0.25) is 0 Å². The fourth-order valence-electron chi connectivity index (χ4n) is 1.70. The molecule has 0 aliphatic carbocycles. The summed E-state index contributed by atoms with van der Waals surface area (Å²) in [6.07, 6.45) is -1.28. The van der Waals surface area contributed by atoms with Crippen LogP contribution in [0.25, 0.3) is 0 Å². The second-order valence-electron chi connectivity index (χ2n) is 4.19. The van der Waals surface area contributed by atoms with Gasteiger partial charge in [0.1, 0.15) is 12.4 Å². The third-order valence-electron chi connectivity index (χ3n) is 2.73. The molecule has 0 bridgehead atoms. The van der Waals surface area contributed by atoms with Crippen LogP contribution in [0.4, 0.5) is 13.2 Å². The average Bonchev–Trinajstić information content (AvgIpc) is 2.37. The number of halogens is 4. The van der Waals surface area contributed by atoms with E-state index in [0.29, 0.717) is 12.8 Å². The Morgan fingerprint density at radius 3 is 2.68 bits per heavy atom. The van der Waals surface area contributed by atoms with Crippen LogP contribution >= 0.6 is 11.6 Å². The molecule has 0 saturated carbocycles. The molecule has 2 nitrogen and oxygen atoms in total. The molecule has 1 N–H and O–H groups in total. The van der Waals surface area contributed by atoms with Crippen molar-refractivity contribution in [2.75, 3.05) is 20.3 Å². The zero-order valence-corrected chi connectivity index (χ0v) is 11.4. The van der Waals surface area contributed by atoms with Gasteiger partial charge in [-0.15, -0.1) is 0 Å². The van der Waals surface area contributed by atoms with Crippen LogP contribution in [0, 0.1) is 5.82 Å². The molecule has 0 heterocycles. The van der Waals surface area contributed by atoms with Crippen LogP contribution in [0.15, 0.2) is 18.2 Å². The Kier molecular flexibility index (Phi) is 7.20. The third kappa shape index (κ3) is 6.27. The molecule has 0 aliphatic rings. The Labute approximate surface area is 115 Å². The van der Waals surface area contributed by atoms with E-state index in [0.717, 1.165) is 5.56 Å². The number of alkyl halides is 2. The normalized spacial score (nSPS) is 12.9. The van der Waals surface area contributed by atoms with Crippen LogP contribution in [-0.2, 0) is 11.2 Å². The predicted octanol–water partition coefficient (Wildman–Crippen LogP) is 3.28. The number of hydrogen-bond acceptors (Lipinski definition) is 2. The smallest absolute Gasteiger partial charge is 0.261 e. The van der Waals surface area contributed by atoms with Crippen LogP contribution in [0.2, 0.25) is 5.02 Å². The van der Waals surface area contributed by atoms with Crippen molar-refractivity contribution in [3.05, 3.63) is 34.6 Å². The van der Waals surface area contributed by atoms with E-state index in [1.165, 1.54) is 12.1 Å². The first-order chi connectivity index (χ1) is 9.02. The molecule has 1 aromatic carbocycles. The van der Waals surface area contributed by atoms with E-state index in [9.17, 15) is 13.2 Å². The van der Waals surface area contributed by atoms with Crippen molar-refractivity contribution in [1.82, 2.24) is 5.32 Å². The minimum Gasteiger partial charge on any atom is -0.375 e. The van der Waals surface area contributed by atoms with Gasteiger partial charge in [0.25, 0.3) is 6.43 Å². The van der Waals surface area contributed by atoms with Gasteiger partial charge in [-0.2, -0.15) is 0 Å². The fraction of sp³-hybridized carbons (Fsp3) is 0.538. The van der Waals surface area contributed by atoms with E-state index < -0.39 is 18.8 Å². The summed E-state index contributed by atoms with van der Waals surface area (Å²) in [7, 11) is 1.77. The van der Waals surface area contributed by atoms with Crippen molar-refractivity contribution >= 4 is 11.6 Å². The molecular weight excluding hydrogens is 279 g/mol. The third-order valence-corrected chi connectivity index (χ3v) is 3.04. The molecule has 1 unspecified atom stereocenters. The molecule has 6 heteroatoms. The maximum atomic E-state index is 13.3. The summed E-state index contributed by atoms with van der Waals surface area (Å²) in [5, 5.41) is 3.14. The summed E-state index contributed by atoms with van der Waals surface area (Å²) >= 11 is 5.60. The summed E-state index contributed by atoms with van der Waals surface area (Å²) in [6.45, 7) is -0.308. The lowest BCUT2D eigenvalue weighted by atomic mass is 10.0. The second kappa shape index (κ2) is 8.40. The van der Waals surface area contributed by atoms with Crippen LogP contribution < -0.4 is 5.32 Å². The van der Waals surface area contributed by atoms with E-state index in [1.54, 1.807) is 13.1 Å². The van der Waals surface area contributed by atoms with Gasteiger partial charge in [-0.25, -0.2) is 13.2 Å². The van der Waals surface area contributed by atoms with E-state index in [2.05, 4.69) is 5.32 Å². The maximum absolute atomic E-state index is 13.3. The van der Waals surface area contributed by atoms with E-state index in [-0.39, 0.29) is 17.7 Å². The molecule has 1 atom stereocenters. The molecule has 0 aromatic heterocycles. The first-order valence-electron chi connectivity index (χ1n) is 6.00. The SMILES string of the molecule is CNC(CCOCC(F)F)Cc1ccc(Cl)c(F)c1. The Bertz CT molecular complexity index is 390. The van der Waals surface area contributed by atoms with Gasteiger partial charge in [0, 0.05) is 12.6 Å². The summed E-state index contributed by atoms with van der Waals surface area (Å²) in [6, 6.07) is 4.67. The van der Waals surface area contributed by atoms with E-state index in [4.69, 9.17) is 16.3 Å². The molecule has 108 valence electrons.